The molecule has 140 valence electrons. The smallest absolute Gasteiger partial charge is 0.226 e. The van der Waals surface area contributed by atoms with E-state index in [0.717, 1.165) is 35.4 Å². The lowest BCUT2D eigenvalue weighted by molar-refractivity contribution is -0.244. The van der Waals surface area contributed by atoms with Crippen LogP contribution < -0.4 is 9.47 Å². The molecule has 1 fully saturated rings. The molecule has 0 saturated carbocycles. The molecular formula is C20H24BrNO4. The van der Waals surface area contributed by atoms with Gasteiger partial charge in [-0.25, -0.2) is 0 Å². The zero-order chi connectivity index (χ0) is 18.3. The van der Waals surface area contributed by atoms with E-state index in [1.165, 1.54) is 11.1 Å². The van der Waals surface area contributed by atoms with Gasteiger partial charge in [0.25, 0.3) is 0 Å². The Morgan fingerprint density at radius 3 is 2.73 bits per heavy atom. The van der Waals surface area contributed by atoms with Crippen molar-refractivity contribution in [2.45, 2.75) is 36.2 Å². The second-order valence-electron chi connectivity index (χ2n) is 7.80. The monoisotopic (exact) mass is 421 g/mol. The third kappa shape index (κ3) is 1.77. The van der Waals surface area contributed by atoms with E-state index in [4.69, 9.17) is 18.9 Å². The predicted octanol–water partition coefficient (Wildman–Crippen LogP) is 2.89. The molecule has 1 saturated heterocycles. The van der Waals surface area contributed by atoms with Crippen molar-refractivity contribution in [3.63, 3.8) is 0 Å². The highest BCUT2D eigenvalue weighted by atomic mass is 79.9. The van der Waals surface area contributed by atoms with Crippen molar-refractivity contribution in [1.82, 2.24) is 4.90 Å². The zero-order valence-electron chi connectivity index (χ0n) is 15.5. The largest absolute Gasteiger partial charge is 0.493 e. The van der Waals surface area contributed by atoms with Gasteiger partial charge < -0.3 is 23.8 Å². The highest BCUT2D eigenvalue weighted by Crippen LogP contribution is 2.65. The van der Waals surface area contributed by atoms with Crippen LogP contribution in [0.2, 0.25) is 0 Å². The van der Waals surface area contributed by atoms with Gasteiger partial charge in [0.05, 0.1) is 12.5 Å². The van der Waals surface area contributed by atoms with Crippen LogP contribution in [0.15, 0.2) is 22.7 Å². The summed E-state index contributed by atoms with van der Waals surface area (Å²) in [6.45, 7) is 1.03. The number of piperidine rings is 1. The Morgan fingerprint density at radius 2 is 2.04 bits per heavy atom. The standard InChI is InChI=1S/C20H24BrNO4/c1-22-8-7-19-12-5-6-20(24-3,25-4)18(19)26-17-15(23-2)10-13(21)11(16(17)19)9-14(12)22/h5-6,10,12,14,18H,7-9H2,1-4H3/t12-,14+,18+,19-/m0/s1. The quantitative estimate of drug-likeness (QED) is 0.554. The normalized spacial score (nSPS) is 35.8. The second kappa shape index (κ2) is 5.47. The summed E-state index contributed by atoms with van der Waals surface area (Å²) in [5.41, 5.74) is 2.48. The minimum absolute atomic E-state index is 0.155. The lowest BCUT2D eigenvalue weighted by Gasteiger charge is -2.58. The van der Waals surface area contributed by atoms with Crippen LogP contribution in [-0.2, 0) is 21.3 Å². The van der Waals surface area contributed by atoms with Crippen LogP contribution in [0.1, 0.15) is 17.5 Å². The third-order valence-electron chi connectivity index (χ3n) is 7.09. The van der Waals surface area contributed by atoms with E-state index < -0.39 is 5.79 Å². The molecule has 0 unspecified atom stereocenters. The van der Waals surface area contributed by atoms with E-state index in [1.54, 1.807) is 21.3 Å². The number of halogens is 1. The minimum Gasteiger partial charge on any atom is -0.493 e. The van der Waals surface area contributed by atoms with E-state index in [2.05, 4.69) is 40.0 Å². The molecule has 6 heteroatoms. The summed E-state index contributed by atoms with van der Waals surface area (Å²) in [6.07, 6.45) is 6.15. The Hall–Kier alpha value is -1.08. The van der Waals surface area contributed by atoms with E-state index in [0.29, 0.717) is 12.0 Å². The molecule has 0 radical (unpaired) electrons. The lowest BCUT2D eigenvalue weighted by Crippen LogP contribution is -2.68. The fourth-order valence-electron chi connectivity index (χ4n) is 5.86. The molecule has 5 rings (SSSR count). The summed E-state index contributed by atoms with van der Waals surface area (Å²) in [7, 11) is 7.32. The Morgan fingerprint density at radius 1 is 1.27 bits per heavy atom. The molecular weight excluding hydrogens is 398 g/mol. The number of benzene rings is 1. The number of hydrogen-bond acceptors (Lipinski definition) is 5. The minimum atomic E-state index is -0.887. The molecule has 2 aliphatic carbocycles. The molecule has 2 aliphatic heterocycles. The predicted molar refractivity (Wildman–Crippen MR) is 101 cm³/mol. The molecule has 5 nitrogen and oxygen atoms in total. The Kier molecular flexibility index (Phi) is 3.59. The van der Waals surface area contributed by atoms with Crippen LogP contribution in [0.5, 0.6) is 11.5 Å². The summed E-state index contributed by atoms with van der Waals surface area (Å²) in [5, 5.41) is 0. The first-order valence-corrected chi connectivity index (χ1v) is 9.88. The Bertz CT molecular complexity index is 805. The summed E-state index contributed by atoms with van der Waals surface area (Å²) >= 11 is 3.80. The summed E-state index contributed by atoms with van der Waals surface area (Å²) in [5.74, 6) is 1.13. The van der Waals surface area contributed by atoms with E-state index in [9.17, 15) is 0 Å². The van der Waals surface area contributed by atoms with Crippen molar-refractivity contribution in [3.05, 3.63) is 33.8 Å². The van der Waals surface area contributed by atoms with E-state index >= 15 is 0 Å². The molecule has 1 aromatic carbocycles. The fourth-order valence-corrected chi connectivity index (χ4v) is 6.43. The number of hydrogen-bond donors (Lipinski definition) is 0. The highest BCUT2D eigenvalue weighted by Gasteiger charge is 2.69. The number of ether oxygens (including phenoxy) is 4. The number of rotatable bonds is 3. The molecule has 4 aliphatic rings. The second-order valence-corrected chi connectivity index (χ2v) is 8.65. The lowest BCUT2D eigenvalue weighted by atomic mass is 9.52. The van der Waals surface area contributed by atoms with Gasteiger partial charge in [-0.05, 0) is 44.1 Å². The van der Waals surface area contributed by atoms with Gasteiger partial charge in [-0.2, -0.15) is 0 Å². The van der Waals surface area contributed by atoms with Crippen LogP contribution in [-0.4, -0.2) is 57.8 Å². The number of methoxy groups -OCH3 is 3. The number of likely N-dealkylation sites (tertiary alicyclic amines) is 1. The molecule has 2 heterocycles. The molecule has 0 aromatic heterocycles. The van der Waals surface area contributed by atoms with E-state index in [-0.39, 0.29) is 11.5 Å². The third-order valence-corrected chi connectivity index (χ3v) is 7.80. The first-order chi connectivity index (χ1) is 12.5. The average molecular weight is 422 g/mol. The van der Waals surface area contributed by atoms with Crippen molar-refractivity contribution < 1.29 is 18.9 Å². The molecule has 0 N–H and O–H groups in total. The van der Waals surface area contributed by atoms with Gasteiger partial charge in [-0.15, -0.1) is 0 Å². The molecule has 26 heavy (non-hydrogen) atoms. The van der Waals surface area contributed by atoms with Gasteiger partial charge in [-0.1, -0.05) is 22.0 Å². The number of likely N-dealkylation sites (N-methyl/N-ethyl adjacent to an activating group) is 1. The van der Waals surface area contributed by atoms with Gasteiger partial charge in [0.2, 0.25) is 5.79 Å². The molecule has 1 spiro atoms. The van der Waals surface area contributed by atoms with Crippen LogP contribution in [0.3, 0.4) is 0 Å². The van der Waals surface area contributed by atoms with Gasteiger partial charge in [-0.3, -0.25) is 0 Å². The van der Waals surface area contributed by atoms with Gasteiger partial charge in [0, 0.05) is 36.2 Å². The topological polar surface area (TPSA) is 40.2 Å². The summed E-state index contributed by atoms with van der Waals surface area (Å²) < 4.78 is 25.2. The first kappa shape index (κ1) is 17.0. The Balaban J connectivity index is 1.84. The zero-order valence-corrected chi connectivity index (χ0v) is 17.1. The maximum atomic E-state index is 6.62. The Labute approximate surface area is 162 Å². The molecule has 2 bridgehead atoms. The maximum absolute atomic E-state index is 6.62. The average Bonchev–Trinajstić information content (AvgIpc) is 3.01. The van der Waals surface area contributed by atoms with Crippen molar-refractivity contribution in [2.75, 3.05) is 34.9 Å². The van der Waals surface area contributed by atoms with Crippen molar-refractivity contribution in [2.24, 2.45) is 5.92 Å². The first-order valence-electron chi connectivity index (χ1n) is 9.08. The number of nitrogens with zero attached hydrogens (tertiary/aromatic N) is 1. The molecule has 4 atom stereocenters. The SMILES string of the molecule is COc1cc(Br)c2c3c1O[C@H]1C(OC)(OC)C=C[C@H]4[C@@H](C2)N(C)CC[C@@]341. The van der Waals surface area contributed by atoms with Crippen molar-refractivity contribution in [1.29, 1.82) is 0 Å². The summed E-state index contributed by atoms with van der Waals surface area (Å²) in [6, 6.07) is 2.48. The fraction of sp³-hybridized carbons (Fsp3) is 0.600. The molecule has 1 aromatic rings. The van der Waals surface area contributed by atoms with Gasteiger partial charge >= 0.3 is 0 Å². The van der Waals surface area contributed by atoms with Crippen LogP contribution in [0.4, 0.5) is 0 Å². The maximum Gasteiger partial charge on any atom is 0.226 e. The van der Waals surface area contributed by atoms with Gasteiger partial charge in [0.15, 0.2) is 17.6 Å². The van der Waals surface area contributed by atoms with Gasteiger partial charge in [0.1, 0.15) is 0 Å². The van der Waals surface area contributed by atoms with Crippen molar-refractivity contribution >= 4 is 15.9 Å². The van der Waals surface area contributed by atoms with E-state index in [1.807, 2.05) is 6.07 Å². The van der Waals surface area contributed by atoms with Crippen LogP contribution in [0.25, 0.3) is 0 Å². The van der Waals surface area contributed by atoms with Crippen LogP contribution >= 0.6 is 15.9 Å². The summed E-state index contributed by atoms with van der Waals surface area (Å²) in [4.78, 5) is 2.49. The van der Waals surface area contributed by atoms with Crippen LogP contribution in [0, 0.1) is 5.92 Å². The highest BCUT2D eigenvalue weighted by molar-refractivity contribution is 9.10. The molecule has 0 amide bonds. The van der Waals surface area contributed by atoms with Crippen molar-refractivity contribution in [3.8, 4) is 11.5 Å².